The quantitative estimate of drug-likeness (QED) is 0.746. The molecule has 0 aliphatic heterocycles. The fraction of sp³-hybridized carbons (Fsp3) is 0.647. The van der Waals surface area contributed by atoms with Gasteiger partial charge in [-0.15, -0.1) is 0 Å². The Morgan fingerprint density at radius 3 is 2.42 bits per heavy atom. The molecule has 0 saturated heterocycles. The molecule has 0 radical (unpaired) electrons. The van der Waals surface area contributed by atoms with Gasteiger partial charge in [0.15, 0.2) is 0 Å². The van der Waals surface area contributed by atoms with Crippen LogP contribution in [0.2, 0.25) is 0 Å². The van der Waals surface area contributed by atoms with E-state index in [1.54, 1.807) is 0 Å². The molecule has 106 valence electrons. The van der Waals surface area contributed by atoms with Gasteiger partial charge in [-0.25, -0.2) is 0 Å². The van der Waals surface area contributed by atoms with E-state index in [0.717, 1.165) is 5.75 Å². The number of anilines is 1. The van der Waals surface area contributed by atoms with Gasteiger partial charge in [-0.05, 0) is 62.8 Å². The minimum atomic E-state index is 0.447. The van der Waals surface area contributed by atoms with Crippen LogP contribution in [0.3, 0.4) is 0 Å². The van der Waals surface area contributed by atoms with Crippen molar-refractivity contribution in [3.63, 3.8) is 0 Å². The minimum absolute atomic E-state index is 0.447. The molecule has 1 N–H and O–H groups in total. The molecule has 0 heterocycles. The lowest BCUT2D eigenvalue weighted by molar-refractivity contribution is 0.210. The largest absolute Gasteiger partial charge is 0.490 e. The van der Waals surface area contributed by atoms with Gasteiger partial charge >= 0.3 is 0 Å². The van der Waals surface area contributed by atoms with E-state index >= 15 is 0 Å². The number of hydrogen-bond acceptors (Lipinski definition) is 2. The molecule has 0 bridgehead atoms. The third-order valence-electron chi connectivity index (χ3n) is 3.96. The highest BCUT2D eigenvalue weighted by Gasteiger charge is 2.16. The summed E-state index contributed by atoms with van der Waals surface area (Å²) < 4.78 is 5.98. The molecule has 1 aromatic carbocycles. The summed E-state index contributed by atoms with van der Waals surface area (Å²) in [6.07, 6.45) is 9.16. The average molecular weight is 261 g/mol. The fourth-order valence-corrected chi connectivity index (χ4v) is 2.79. The summed E-state index contributed by atoms with van der Waals surface area (Å²) >= 11 is 0. The minimum Gasteiger partial charge on any atom is -0.490 e. The third-order valence-corrected chi connectivity index (χ3v) is 3.96. The number of rotatable bonds is 7. The predicted octanol–water partition coefficient (Wildman–Crippen LogP) is 5.00. The fourth-order valence-electron chi connectivity index (χ4n) is 2.79. The van der Waals surface area contributed by atoms with Crippen LogP contribution >= 0.6 is 0 Å². The molecule has 1 aromatic rings. The Morgan fingerprint density at radius 2 is 1.84 bits per heavy atom. The number of hydrogen-bond donors (Lipinski definition) is 1. The molecule has 1 aliphatic rings. The van der Waals surface area contributed by atoms with E-state index in [4.69, 9.17) is 4.74 Å². The molecule has 2 heteroatoms. The second-order valence-corrected chi connectivity index (χ2v) is 5.59. The summed E-state index contributed by atoms with van der Waals surface area (Å²) in [5.41, 5.74) is 1.21. The van der Waals surface area contributed by atoms with Crippen LogP contribution in [0, 0.1) is 0 Å². The molecule has 1 aliphatic carbocycles. The maximum absolute atomic E-state index is 5.98. The van der Waals surface area contributed by atoms with Crippen LogP contribution in [0.5, 0.6) is 5.75 Å². The van der Waals surface area contributed by atoms with Crippen molar-refractivity contribution in [1.29, 1.82) is 0 Å². The Balaban J connectivity index is 1.86. The van der Waals surface area contributed by atoms with Crippen molar-refractivity contribution < 1.29 is 4.74 Å². The first kappa shape index (κ1) is 14.2. The van der Waals surface area contributed by atoms with Crippen LogP contribution in [0.4, 0.5) is 5.69 Å². The maximum atomic E-state index is 5.98. The zero-order chi connectivity index (χ0) is 13.5. The van der Waals surface area contributed by atoms with Gasteiger partial charge in [-0.1, -0.05) is 20.3 Å². The van der Waals surface area contributed by atoms with E-state index < -0.39 is 0 Å². The summed E-state index contributed by atoms with van der Waals surface area (Å²) in [6.45, 7) is 4.48. The average Bonchev–Trinajstić information content (AvgIpc) is 2.93. The van der Waals surface area contributed by atoms with E-state index in [2.05, 4.69) is 43.4 Å². The molecule has 1 unspecified atom stereocenters. The van der Waals surface area contributed by atoms with E-state index in [-0.39, 0.29) is 0 Å². The lowest BCUT2D eigenvalue weighted by Gasteiger charge is -2.18. The van der Waals surface area contributed by atoms with Crippen LogP contribution in [0.25, 0.3) is 0 Å². The van der Waals surface area contributed by atoms with Crippen molar-refractivity contribution in [1.82, 2.24) is 0 Å². The summed E-state index contributed by atoms with van der Waals surface area (Å²) in [6, 6.07) is 9.07. The smallest absolute Gasteiger partial charge is 0.119 e. The van der Waals surface area contributed by atoms with Gasteiger partial charge in [0, 0.05) is 11.7 Å². The predicted molar refractivity (Wildman–Crippen MR) is 81.9 cm³/mol. The first-order valence-corrected chi connectivity index (χ1v) is 7.85. The highest BCUT2D eigenvalue weighted by Crippen LogP contribution is 2.25. The second-order valence-electron chi connectivity index (χ2n) is 5.59. The Kier molecular flexibility index (Phi) is 5.56. The summed E-state index contributed by atoms with van der Waals surface area (Å²) in [7, 11) is 0. The van der Waals surface area contributed by atoms with Gasteiger partial charge in [-0.3, -0.25) is 0 Å². The maximum Gasteiger partial charge on any atom is 0.119 e. The zero-order valence-corrected chi connectivity index (χ0v) is 12.3. The van der Waals surface area contributed by atoms with Gasteiger partial charge in [0.05, 0.1) is 6.10 Å². The molecule has 19 heavy (non-hydrogen) atoms. The number of nitrogens with one attached hydrogen (secondary N) is 1. The number of benzene rings is 1. The van der Waals surface area contributed by atoms with Gasteiger partial charge in [0.25, 0.3) is 0 Å². The van der Waals surface area contributed by atoms with Crippen LogP contribution in [-0.2, 0) is 0 Å². The lowest BCUT2D eigenvalue weighted by Crippen LogP contribution is -2.17. The molecular weight excluding hydrogens is 234 g/mol. The Labute approximate surface area is 117 Å². The normalized spacial score (nSPS) is 17.4. The monoisotopic (exact) mass is 261 g/mol. The Hall–Kier alpha value is -1.18. The van der Waals surface area contributed by atoms with Crippen molar-refractivity contribution in [2.24, 2.45) is 0 Å². The molecule has 0 aromatic heterocycles. The van der Waals surface area contributed by atoms with Gasteiger partial charge in [0.1, 0.15) is 5.75 Å². The first-order valence-electron chi connectivity index (χ1n) is 7.85. The first-order chi connectivity index (χ1) is 9.31. The van der Waals surface area contributed by atoms with E-state index in [9.17, 15) is 0 Å². The van der Waals surface area contributed by atoms with Crippen molar-refractivity contribution in [2.45, 2.75) is 70.9 Å². The Bertz CT molecular complexity index is 354. The molecular formula is C17H27NO. The standard InChI is InChI=1S/C17H27NO/c1-3-7-14(4-2)18-15-10-12-17(13-11-15)19-16-8-5-6-9-16/h10-14,16,18H,3-9H2,1-2H3. The summed E-state index contributed by atoms with van der Waals surface area (Å²) in [5.74, 6) is 1.01. The molecule has 0 amide bonds. The van der Waals surface area contributed by atoms with Crippen LogP contribution in [0.15, 0.2) is 24.3 Å². The molecule has 1 atom stereocenters. The highest BCUT2D eigenvalue weighted by atomic mass is 16.5. The SMILES string of the molecule is CCCC(CC)Nc1ccc(OC2CCCC2)cc1. The summed E-state index contributed by atoms with van der Waals surface area (Å²) in [5, 5.41) is 3.59. The Morgan fingerprint density at radius 1 is 1.16 bits per heavy atom. The summed E-state index contributed by atoms with van der Waals surface area (Å²) in [4.78, 5) is 0. The van der Waals surface area contributed by atoms with E-state index in [1.807, 2.05) is 0 Å². The highest BCUT2D eigenvalue weighted by molar-refractivity contribution is 5.47. The topological polar surface area (TPSA) is 21.3 Å². The van der Waals surface area contributed by atoms with Crippen molar-refractivity contribution >= 4 is 5.69 Å². The lowest BCUT2D eigenvalue weighted by atomic mass is 10.1. The van der Waals surface area contributed by atoms with Crippen LogP contribution < -0.4 is 10.1 Å². The van der Waals surface area contributed by atoms with Crippen molar-refractivity contribution in [2.75, 3.05) is 5.32 Å². The van der Waals surface area contributed by atoms with E-state index in [0.29, 0.717) is 12.1 Å². The van der Waals surface area contributed by atoms with E-state index in [1.165, 1.54) is 50.6 Å². The van der Waals surface area contributed by atoms with Crippen molar-refractivity contribution in [3.05, 3.63) is 24.3 Å². The zero-order valence-electron chi connectivity index (χ0n) is 12.3. The molecule has 2 rings (SSSR count). The number of ether oxygens (including phenoxy) is 1. The molecule has 2 nitrogen and oxygen atoms in total. The molecule has 0 spiro atoms. The van der Waals surface area contributed by atoms with Gasteiger partial charge in [0.2, 0.25) is 0 Å². The third kappa shape index (κ3) is 4.45. The second kappa shape index (κ2) is 7.42. The van der Waals surface area contributed by atoms with Gasteiger partial charge in [-0.2, -0.15) is 0 Å². The van der Waals surface area contributed by atoms with Crippen LogP contribution in [-0.4, -0.2) is 12.1 Å². The van der Waals surface area contributed by atoms with Crippen LogP contribution in [0.1, 0.15) is 58.8 Å². The molecule has 1 saturated carbocycles. The van der Waals surface area contributed by atoms with Crippen molar-refractivity contribution in [3.8, 4) is 5.75 Å². The molecule has 1 fully saturated rings. The van der Waals surface area contributed by atoms with Gasteiger partial charge < -0.3 is 10.1 Å².